The second-order valence-electron chi connectivity index (χ2n) is 3.70. The summed E-state index contributed by atoms with van der Waals surface area (Å²) in [5.41, 5.74) is 2.33. The van der Waals surface area contributed by atoms with Crippen LogP contribution in [0.3, 0.4) is 0 Å². The van der Waals surface area contributed by atoms with E-state index in [1.165, 1.54) is 5.56 Å². The van der Waals surface area contributed by atoms with Crippen molar-refractivity contribution in [3.05, 3.63) is 34.0 Å². The Labute approximate surface area is 102 Å². The quantitative estimate of drug-likeness (QED) is 0.720. The van der Waals surface area contributed by atoms with Gasteiger partial charge in [0.05, 0.1) is 4.88 Å². The van der Waals surface area contributed by atoms with Gasteiger partial charge in [0.2, 0.25) is 0 Å². The van der Waals surface area contributed by atoms with Gasteiger partial charge >= 0.3 is 0 Å². The van der Waals surface area contributed by atoms with E-state index in [1.54, 1.807) is 11.3 Å². The lowest BCUT2D eigenvalue weighted by Crippen LogP contribution is -2.30. The molecule has 1 aromatic heterocycles. The molecule has 1 heterocycles. The molecule has 0 saturated carbocycles. The lowest BCUT2D eigenvalue weighted by Gasteiger charge is -2.18. The lowest BCUT2D eigenvalue weighted by atomic mass is 10.1. The van der Waals surface area contributed by atoms with Crippen LogP contribution in [0, 0.1) is 6.92 Å². The van der Waals surface area contributed by atoms with Crippen molar-refractivity contribution in [2.45, 2.75) is 27.2 Å². The van der Waals surface area contributed by atoms with Gasteiger partial charge in [0.1, 0.15) is 0 Å². The number of hydrogen-bond acceptors (Lipinski definition) is 2. The summed E-state index contributed by atoms with van der Waals surface area (Å²) >= 11 is 1.54. The normalized spacial score (nSPS) is 10.2. The summed E-state index contributed by atoms with van der Waals surface area (Å²) in [7, 11) is 0. The summed E-state index contributed by atoms with van der Waals surface area (Å²) in [6, 6.07) is 0. The van der Waals surface area contributed by atoms with Crippen molar-refractivity contribution >= 4 is 17.2 Å². The maximum atomic E-state index is 12.2. The molecule has 0 fully saturated rings. The summed E-state index contributed by atoms with van der Waals surface area (Å²) in [5, 5.41) is 2.05. The molecule has 0 saturated heterocycles. The van der Waals surface area contributed by atoms with E-state index in [9.17, 15) is 4.79 Å². The zero-order chi connectivity index (χ0) is 12.1. The Bertz CT molecular complexity index is 377. The molecule has 0 aromatic carbocycles. The van der Waals surface area contributed by atoms with Crippen LogP contribution in [0.25, 0.3) is 0 Å². The first-order chi connectivity index (χ1) is 7.65. The van der Waals surface area contributed by atoms with E-state index in [0.29, 0.717) is 0 Å². The van der Waals surface area contributed by atoms with Crippen molar-refractivity contribution in [1.29, 1.82) is 0 Å². The third-order valence-corrected chi connectivity index (χ3v) is 3.83. The van der Waals surface area contributed by atoms with E-state index in [-0.39, 0.29) is 5.91 Å². The second kappa shape index (κ2) is 5.85. The highest BCUT2D eigenvalue weighted by Crippen LogP contribution is 2.24. The maximum Gasteiger partial charge on any atom is 0.264 e. The minimum Gasteiger partial charge on any atom is -0.339 e. The zero-order valence-electron chi connectivity index (χ0n) is 10.2. The van der Waals surface area contributed by atoms with E-state index in [0.717, 1.165) is 30.0 Å². The molecule has 0 N–H and O–H groups in total. The lowest BCUT2D eigenvalue weighted by molar-refractivity contribution is 0.0777. The number of amides is 1. The average molecular weight is 237 g/mol. The minimum absolute atomic E-state index is 0.153. The van der Waals surface area contributed by atoms with Crippen molar-refractivity contribution in [1.82, 2.24) is 4.90 Å². The molecule has 0 aliphatic heterocycles. The molecule has 3 heteroatoms. The third kappa shape index (κ3) is 2.53. The minimum atomic E-state index is 0.153. The van der Waals surface area contributed by atoms with Gasteiger partial charge in [-0.15, -0.1) is 17.9 Å². The topological polar surface area (TPSA) is 20.3 Å². The molecule has 0 aliphatic carbocycles. The van der Waals surface area contributed by atoms with Crippen LogP contribution in [0.15, 0.2) is 18.0 Å². The maximum absolute atomic E-state index is 12.2. The molecule has 2 nitrogen and oxygen atoms in total. The smallest absolute Gasteiger partial charge is 0.264 e. The number of allylic oxidation sites excluding steroid dienone is 1. The molecule has 0 unspecified atom stereocenters. The molecule has 0 bridgehead atoms. The van der Waals surface area contributed by atoms with Gasteiger partial charge in [-0.05, 0) is 43.7 Å². The summed E-state index contributed by atoms with van der Waals surface area (Å²) in [6.07, 6.45) is 2.63. The van der Waals surface area contributed by atoms with Crippen LogP contribution >= 0.6 is 11.3 Å². The third-order valence-electron chi connectivity index (χ3n) is 2.70. The summed E-state index contributed by atoms with van der Waals surface area (Å²) in [5.74, 6) is 0.153. The second-order valence-corrected chi connectivity index (χ2v) is 4.58. The molecule has 1 aromatic rings. The van der Waals surface area contributed by atoms with Gasteiger partial charge < -0.3 is 4.90 Å². The van der Waals surface area contributed by atoms with Crippen LogP contribution in [0.4, 0.5) is 0 Å². The highest BCUT2D eigenvalue weighted by molar-refractivity contribution is 7.12. The molecule has 0 spiro atoms. The molecule has 1 rings (SSSR count). The monoisotopic (exact) mass is 237 g/mol. The van der Waals surface area contributed by atoms with Gasteiger partial charge in [-0.25, -0.2) is 0 Å². The van der Waals surface area contributed by atoms with Crippen LogP contribution in [0.1, 0.15) is 34.6 Å². The molecule has 0 atom stereocenters. The number of aryl methyl sites for hydroxylation is 1. The number of rotatable bonds is 5. The fraction of sp³-hybridized carbons (Fsp3) is 0.462. The molecule has 88 valence electrons. The van der Waals surface area contributed by atoms with Crippen LogP contribution in [0.5, 0.6) is 0 Å². The van der Waals surface area contributed by atoms with Crippen LogP contribution in [-0.2, 0) is 6.42 Å². The van der Waals surface area contributed by atoms with Gasteiger partial charge in [0.15, 0.2) is 0 Å². The highest BCUT2D eigenvalue weighted by Gasteiger charge is 2.18. The SMILES string of the molecule is C=CCc1c(C)csc1C(=O)N(CC)CC. The van der Waals surface area contributed by atoms with Crippen molar-refractivity contribution in [2.75, 3.05) is 13.1 Å². The molecule has 16 heavy (non-hydrogen) atoms. The predicted molar refractivity (Wildman–Crippen MR) is 70.2 cm³/mol. The summed E-state index contributed by atoms with van der Waals surface area (Å²) in [4.78, 5) is 15.0. The Balaban J connectivity index is 3.03. The molecule has 0 radical (unpaired) electrons. The first-order valence-electron chi connectivity index (χ1n) is 5.62. The zero-order valence-corrected chi connectivity index (χ0v) is 11.1. The van der Waals surface area contributed by atoms with Crippen molar-refractivity contribution < 1.29 is 4.79 Å². The van der Waals surface area contributed by atoms with Gasteiger partial charge in [-0.3, -0.25) is 4.79 Å². The first-order valence-corrected chi connectivity index (χ1v) is 6.50. The van der Waals surface area contributed by atoms with E-state index >= 15 is 0 Å². The number of thiophene rings is 1. The molecule has 1 amide bonds. The Hall–Kier alpha value is -1.09. The van der Waals surface area contributed by atoms with Crippen molar-refractivity contribution in [3.63, 3.8) is 0 Å². The van der Waals surface area contributed by atoms with E-state index in [1.807, 2.05) is 31.7 Å². The largest absolute Gasteiger partial charge is 0.339 e. The van der Waals surface area contributed by atoms with Gasteiger partial charge in [0, 0.05) is 13.1 Å². The Morgan fingerprint density at radius 2 is 2.12 bits per heavy atom. The van der Waals surface area contributed by atoms with Crippen molar-refractivity contribution in [3.8, 4) is 0 Å². The van der Waals surface area contributed by atoms with E-state index in [2.05, 4.69) is 12.0 Å². The van der Waals surface area contributed by atoms with Crippen molar-refractivity contribution in [2.24, 2.45) is 0 Å². The molecular weight excluding hydrogens is 218 g/mol. The number of carbonyl (C=O) groups excluding carboxylic acids is 1. The fourth-order valence-corrected chi connectivity index (χ4v) is 2.75. The van der Waals surface area contributed by atoms with Crippen LogP contribution in [-0.4, -0.2) is 23.9 Å². The standard InChI is InChI=1S/C13H19NOS/c1-5-8-11-10(4)9-16-12(11)13(15)14(6-2)7-3/h5,9H,1,6-8H2,2-4H3. The van der Waals surface area contributed by atoms with Crippen LogP contribution in [0.2, 0.25) is 0 Å². The van der Waals surface area contributed by atoms with E-state index < -0.39 is 0 Å². The molecule has 0 aliphatic rings. The summed E-state index contributed by atoms with van der Waals surface area (Å²) in [6.45, 7) is 11.3. The number of carbonyl (C=O) groups is 1. The van der Waals surface area contributed by atoms with Crippen LogP contribution < -0.4 is 0 Å². The number of nitrogens with zero attached hydrogens (tertiary/aromatic N) is 1. The fourth-order valence-electron chi connectivity index (χ4n) is 1.70. The Kier molecular flexibility index (Phi) is 4.74. The highest BCUT2D eigenvalue weighted by atomic mass is 32.1. The first kappa shape index (κ1) is 13.0. The Morgan fingerprint density at radius 1 is 1.50 bits per heavy atom. The van der Waals surface area contributed by atoms with Gasteiger partial charge in [0.25, 0.3) is 5.91 Å². The number of hydrogen-bond donors (Lipinski definition) is 0. The molecular formula is C13H19NOS. The van der Waals surface area contributed by atoms with Gasteiger partial charge in [-0.1, -0.05) is 6.08 Å². The predicted octanol–water partition coefficient (Wildman–Crippen LogP) is 3.27. The van der Waals surface area contributed by atoms with E-state index in [4.69, 9.17) is 0 Å². The Morgan fingerprint density at radius 3 is 2.62 bits per heavy atom. The average Bonchev–Trinajstić information content (AvgIpc) is 2.63. The van der Waals surface area contributed by atoms with Gasteiger partial charge in [-0.2, -0.15) is 0 Å². The summed E-state index contributed by atoms with van der Waals surface area (Å²) < 4.78 is 0.